The average molecular weight is 468 g/mol. The van der Waals surface area contributed by atoms with Crippen LogP contribution in [-0.2, 0) is 0 Å². The first kappa shape index (κ1) is 20.2. The molecule has 0 aliphatic carbocycles. The van der Waals surface area contributed by atoms with Gasteiger partial charge >= 0.3 is 5.69 Å². The van der Waals surface area contributed by atoms with E-state index < -0.39 is 11.5 Å². The molecular weight excluding hydrogens is 456 g/mol. The molecule has 0 fully saturated rings. The average Bonchev–Trinajstić information content (AvgIpc) is 3.42. The van der Waals surface area contributed by atoms with Gasteiger partial charge in [-0.3, -0.25) is 4.98 Å². The van der Waals surface area contributed by atoms with Crippen LogP contribution in [0.2, 0.25) is 10.0 Å². The Bertz CT molecular complexity index is 1450. The van der Waals surface area contributed by atoms with Crippen molar-refractivity contribution in [2.75, 3.05) is 0 Å². The van der Waals surface area contributed by atoms with Crippen molar-refractivity contribution in [3.05, 3.63) is 93.1 Å². The lowest BCUT2D eigenvalue weighted by Gasteiger charge is -2.02. The van der Waals surface area contributed by atoms with Crippen LogP contribution in [0.1, 0.15) is 0 Å². The number of aromatic nitrogens is 5. The number of aromatic amines is 1. The maximum atomic E-state index is 14.2. The van der Waals surface area contributed by atoms with Gasteiger partial charge in [-0.25, -0.2) is 9.18 Å². The Hall–Kier alpha value is -3.75. The molecule has 10 heteroatoms. The zero-order valence-electron chi connectivity index (χ0n) is 16.1. The Morgan fingerprint density at radius 1 is 0.938 bits per heavy atom. The summed E-state index contributed by atoms with van der Waals surface area (Å²) in [6.45, 7) is 0. The number of hydrogen-bond acceptors (Lipinski definition) is 5. The third-order valence-corrected chi connectivity index (χ3v) is 5.27. The number of nitrogens with one attached hydrogen (secondary N) is 1. The number of nitrogens with zero attached hydrogens (tertiary/aromatic N) is 4. The Labute approximate surface area is 190 Å². The van der Waals surface area contributed by atoms with Crippen molar-refractivity contribution in [2.45, 2.75) is 0 Å². The lowest BCUT2D eigenvalue weighted by atomic mass is 10.2. The molecule has 2 heterocycles. The maximum absolute atomic E-state index is 14.2. The summed E-state index contributed by atoms with van der Waals surface area (Å²) in [6, 6.07) is 18.1. The van der Waals surface area contributed by atoms with Crippen LogP contribution in [0.5, 0.6) is 0 Å². The van der Waals surface area contributed by atoms with Crippen LogP contribution in [0.15, 0.2) is 76.0 Å². The van der Waals surface area contributed by atoms with E-state index in [0.717, 1.165) is 10.2 Å². The highest BCUT2D eigenvalue weighted by molar-refractivity contribution is 6.33. The normalized spacial score (nSPS) is 11.1. The maximum Gasteiger partial charge on any atom is 0.348 e. The zero-order valence-corrected chi connectivity index (χ0v) is 17.6. The quantitative estimate of drug-likeness (QED) is 0.382. The summed E-state index contributed by atoms with van der Waals surface area (Å²) in [5, 5.41) is 8.94. The fraction of sp³-hybridized carbons (Fsp3) is 0. The van der Waals surface area contributed by atoms with Crippen molar-refractivity contribution >= 4 is 23.2 Å². The second-order valence-electron chi connectivity index (χ2n) is 6.76. The molecule has 32 heavy (non-hydrogen) atoms. The largest absolute Gasteiger partial charge is 0.348 e. The van der Waals surface area contributed by atoms with Crippen molar-refractivity contribution in [3.63, 3.8) is 0 Å². The van der Waals surface area contributed by atoms with Crippen LogP contribution in [0.3, 0.4) is 0 Å². The summed E-state index contributed by atoms with van der Waals surface area (Å²) in [4.78, 5) is 19.3. The lowest BCUT2D eigenvalue weighted by Crippen LogP contribution is -2.15. The fourth-order valence-corrected chi connectivity index (χ4v) is 3.52. The molecule has 0 radical (unpaired) electrons. The van der Waals surface area contributed by atoms with Gasteiger partial charge in [0.15, 0.2) is 5.82 Å². The van der Waals surface area contributed by atoms with E-state index in [1.165, 1.54) is 18.2 Å². The first-order valence-corrected chi connectivity index (χ1v) is 10.1. The molecule has 2 aromatic heterocycles. The molecule has 0 bridgehead atoms. The van der Waals surface area contributed by atoms with Gasteiger partial charge in [0.25, 0.3) is 5.89 Å². The van der Waals surface area contributed by atoms with E-state index in [9.17, 15) is 9.18 Å². The molecule has 3 aromatic carbocycles. The van der Waals surface area contributed by atoms with Gasteiger partial charge in [-0.15, -0.1) is 5.10 Å². The molecule has 5 aromatic rings. The summed E-state index contributed by atoms with van der Waals surface area (Å²) in [6.07, 6.45) is 0. The summed E-state index contributed by atoms with van der Waals surface area (Å²) in [5.41, 5.74) is 1.38. The van der Waals surface area contributed by atoms with Crippen molar-refractivity contribution in [2.24, 2.45) is 0 Å². The summed E-state index contributed by atoms with van der Waals surface area (Å²) >= 11 is 12.0. The van der Waals surface area contributed by atoms with Crippen LogP contribution >= 0.6 is 23.2 Å². The first-order valence-electron chi connectivity index (χ1n) is 9.34. The van der Waals surface area contributed by atoms with E-state index in [2.05, 4.69) is 20.2 Å². The Morgan fingerprint density at radius 2 is 1.66 bits per heavy atom. The van der Waals surface area contributed by atoms with E-state index in [0.29, 0.717) is 28.0 Å². The predicted octanol–water partition coefficient (Wildman–Crippen LogP) is 5.39. The molecule has 158 valence electrons. The van der Waals surface area contributed by atoms with Crippen LogP contribution in [0.4, 0.5) is 4.39 Å². The van der Waals surface area contributed by atoms with Crippen LogP contribution in [-0.4, -0.2) is 24.9 Å². The molecule has 5 rings (SSSR count). The number of H-pyrrole nitrogens is 1. The monoisotopic (exact) mass is 467 g/mol. The van der Waals surface area contributed by atoms with Gasteiger partial charge in [0.05, 0.1) is 16.3 Å². The highest BCUT2D eigenvalue weighted by atomic mass is 35.5. The molecule has 1 N–H and O–H groups in total. The Balaban J connectivity index is 1.44. The fourth-order valence-electron chi connectivity index (χ4n) is 3.14. The van der Waals surface area contributed by atoms with E-state index in [-0.39, 0.29) is 16.4 Å². The summed E-state index contributed by atoms with van der Waals surface area (Å²) < 4.78 is 20.7. The molecule has 0 unspecified atom stereocenters. The van der Waals surface area contributed by atoms with Gasteiger partial charge in [-0.1, -0.05) is 34.4 Å². The minimum absolute atomic E-state index is 0.0298. The highest BCUT2D eigenvalue weighted by Crippen LogP contribution is 2.28. The number of halogens is 3. The summed E-state index contributed by atoms with van der Waals surface area (Å²) in [7, 11) is 0. The van der Waals surface area contributed by atoms with Crippen molar-refractivity contribution in [1.82, 2.24) is 24.9 Å². The van der Waals surface area contributed by atoms with Crippen LogP contribution in [0, 0.1) is 5.82 Å². The molecule has 0 atom stereocenters. The van der Waals surface area contributed by atoms with Gasteiger partial charge in [0.2, 0.25) is 5.82 Å². The van der Waals surface area contributed by atoms with Gasteiger partial charge < -0.3 is 4.52 Å². The Morgan fingerprint density at radius 3 is 2.38 bits per heavy atom. The third-order valence-electron chi connectivity index (χ3n) is 4.70. The molecule has 0 saturated carbocycles. The smallest absolute Gasteiger partial charge is 0.334 e. The van der Waals surface area contributed by atoms with E-state index >= 15 is 0 Å². The zero-order chi connectivity index (χ0) is 22.2. The van der Waals surface area contributed by atoms with Gasteiger partial charge in [0.1, 0.15) is 5.82 Å². The molecule has 0 aliphatic rings. The first-order chi connectivity index (χ1) is 15.5. The lowest BCUT2D eigenvalue weighted by molar-refractivity contribution is 0.432. The Kier molecular flexibility index (Phi) is 5.08. The van der Waals surface area contributed by atoms with Gasteiger partial charge in [-0.2, -0.15) is 9.67 Å². The highest BCUT2D eigenvalue weighted by Gasteiger charge is 2.16. The molecule has 0 spiro atoms. The molecule has 0 amide bonds. The number of rotatable bonds is 4. The summed E-state index contributed by atoms with van der Waals surface area (Å²) in [5.74, 6) is 0.193. The topological polar surface area (TPSA) is 89.6 Å². The molecule has 0 saturated heterocycles. The van der Waals surface area contributed by atoms with E-state index in [1.807, 2.05) is 0 Å². The van der Waals surface area contributed by atoms with E-state index in [4.69, 9.17) is 27.7 Å². The van der Waals surface area contributed by atoms with E-state index in [1.54, 1.807) is 48.5 Å². The molecule has 0 aliphatic heterocycles. The number of hydrogen-bond donors (Lipinski definition) is 1. The van der Waals surface area contributed by atoms with Crippen molar-refractivity contribution in [3.8, 4) is 39.9 Å². The predicted molar refractivity (Wildman–Crippen MR) is 118 cm³/mol. The van der Waals surface area contributed by atoms with Crippen LogP contribution < -0.4 is 5.69 Å². The third kappa shape index (κ3) is 3.70. The van der Waals surface area contributed by atoms with Crippen molar-refractivity contribution < 1.29 is 8.91 Å². The van der Waals surface area contributed by atoms with Gasteiger partial charge in [0, 0.05) is 16.1 Å². The number of benzene rings is 3. The SMILES string of the molecule is O=c1[nH]c(-c2c(F)cccc2Cl)nn1-c1ccc(-c2nc(-c3ccc(Cl)cc3)no2)cc1. The minimum Gasteiger partial charge on any atom is -0.334 e. The van der Waals surface area contributed by atoms with Gasteiger partial charge in [-0.05, 0) is 60.7 Å². The molecular formula is C22H12Cl2FN5O2. The second-order valence-corrected chi connectivity index (χ2v) is 7.61. The van der Waals surface area contributed by atoms with Crippen molar-refractivity contribution in [1.29, 1.82) is 0 Å². The molecule has 7 nitrogen and oxygen atoms in total. The standard InChI is InChI=1S/C22H12Cl2FN5O2/c23-14-8-4-12(5-9-14)19-26-21(32-29-19)13-6-10-15(11-7-13)30-22(31)27-20(28-30)18-16(24)2-1-3-17(18)25/h1-11H,(H,27,28,31). The minimum atomic E-state index is -0.582. The van der Waals surface area contributed by atoms with Crippen LogP contribution in [0.25, 0.3) is 39.9 Å². The second kappa shape index (κ2) is 8.07.